The molecule has 1 aliphatic rings. The number of rotatable bonds is 9. The molecule has 0 bridgehead atoms. The number of benzene rings is 1. The van der Waals surface area contributed by atoms with Gasteiger partial charge >= 0.3 is 0 Å². The number of hydrogen-bond acceptors (Lipinski definition) is 6. The maximum absolute atomic E-state index is 12.6. The Morgan fingerprint density at radius 3 is 2.46 bits per heavy atom. The second-order valence-corrected chi connectivity index (χ2v) is 7.30. The third kappa shape index (κ3) is 5.42. The number of nitro groups is 1. The molecular formula is C20H32N4O4. The largest absolute Gasteiger partial charge is 0.378 e. The van der Waals surface area contributed by atoms with Gasteiger partial charge < -0.3 is 15.0 Å². The van der Waals surface area contributed by atoms with Crippen molar-refractivity contribution >= 4 is 17.3 Å². The highest BCUT2D eigenvalue weighted by molar-refractivity contribution is 5.95. The first-order chi connectivity index (χ1) is 13.4. The van der Waals surface area contributed by atoms with Crippen molar-refractivity contribution in [1.82, 2.24) is 10.2 Å². The van der Waals surface area contributed by atoms with Crippen molar-refractivity contribution in [1.29, 1.82) is 0 Å². The van der Waals surface area contributed by atoms with Crippen LogP contribution in [0.15, 0.2) is 18.2 Å². The molecule has 8 nitrogen and oxygen atoms in total. The van der Waals surface area contributed by atoms with Crippen LogP contribution in [0.1, 0.15) is 38.1 Å². The fourth-order valence-corrected chi connectivity index (χ4v) is 3.66. The summed E-state index contributed by atoms with van der Waals surface area (Å²) in [6, 6.07) is 4.93. The molecule has 1 aromatic carbocycles. The van der Waals surface area contributed by atoms with Crippen molar-refractivity contribution in [3.8, 4) is 0 Å². The molecular weight excluding hydrogens is 360 g/mol. The predicted octanol–water partition coefficient (Wildman–Crippen LogP) is 2.53. The Balaban J connectivity index is 2.14. The monoisotopic (exact) mass is 392 g/mol. The average molecular weight is 393 g/mol. The molecule has 1 aliphatic heterocycles. The smallest absolute Gasteiger partial charge is 0.293 e. The molecule has 8 heteroatoms. The maximum atomic E-state index is 12.6. The molecule has 1 heterocycles. The van der Waals surface area contributed by atoms with Crippen molar-refractivity contribution in [3.05, 3.63) is 33.9 Å². The summed E-state index contributed by atoms with van der Waals surface area (Å²) in [6.45, 7) is 13.1. The van der Waals surface area contributed by atoms with Crippen molar-refractivity contribution in [3.63, 3.8) is 0 Å². The second kappa shape index (κ2) is 10.4. The summed E-state index contributed by atoms with van der Waals surface area (Å²) in [5, 5.41) is 14.5. The van der Waals surface area contributed by atoms with Crippen LogP contribution >= 0.6 is 0 Å². The first kappa shape index (κ1) is 22.1. The van der Waals surface area contributed by atoms with E-state index in [1.807, 2.05) is 4.90 Å². The van der Waals surface area contributed by atoms with Crippen LogP contribution in [0, 0.1) is 16.0 Å². The topological polar surface area (TPSA) is 88.0 Å². The lowest BCUT2D eigenvalue weighted by atomic mass is 10.0. The lowest BCUT2D eigenvalue weighted by Gasteiger charge is -2.32. The number of anilines is 1. The number of hydrogen-bond donors (Lipinski definition) is 1. The van der Waals surface area contributed by atoms with E-state index in [-0.39, 0.29) is 17.6 Å². The quantitative estimate of drug-likeness (QED) is 0.513. The highest BCUT2D eigenvalue weighted by Gasteiger charge is 2.24. The molecule has 1 N–H and O–H groups in total. The molecule has 1 aromatic rings. The molecule has 156 valence electrons. The zero-order valence-corrected chi connectivity index (χ0v) is 17.3. The van der Waals surface area contributed by atoms with E-state index in [9.17, 15) is 14.9 Å². The number of nitrogens with zero attached hydrogens (tertiary/aromatic N) is 3. The zero-order chi connectivity index (χ0) is 20.7. The van der Waals surface area contributed by atoms with Crippen molar-refractivity contribution in [2.24, 2.45) is 5.92 Å². The molecule has 0 spiro atoms. The number of ether oxygens (including phenoxy) is 1. The minimum atomic E-state index is -0.422. The number of carbonyl (C=O) groups is 1. The van der Waals surface area contributed by atoms with Crippen molar-refractivity contribution < 1.29 is 14.5 Å². The molecule has 28 heavy (non-hydrogen) atoms. The van der Waals surface area contributed by atoms with Gasteiger partial charge in [0, 0.05) is 37.3 Å². The summed E-state index contributed by atoms with van der Waals surface area (Å²) in [5.74, 6) is 0.104. The van der Waals surface area contributed by atoms with E-state index in [4.69, 9.17) is 4.74 Å². The van der Waals surface area contributed by atoms with E-state index in [1.54, 1.807) is 12.1 Å². The Labute approximate surface area is 167 Å². The van der Waals surface area contributed by atoms with E-state index in [2.05, 4.69) is 37.9 Å². The lowest BCUT2D eigenvalue weighted by Crippen LogP contribution is -2.46. The SMILES string of the molecule is CCN(CC)[C@H](CNC(=O)c1ccc(N2CCOCC2)c([N+](=O)[O-])c1)C(C)C. The molecule has 0 aromatic heterocycles. The second-order valence-electron chi connectivity index (χ2n) is 7.30. The summed E-state index contributed by atoms with van der Waals surface area (Å²) in [5.41, 5.74) is 0.803. The van der Waals surface area contributed by atoms with Crippen LogP contribution in [-0.2, 0) is 4.74 Å². The lowest BCUT2D eigenvalue weighted by molar-refractivity contribution is -0.384. The molecule has 0 radical (unpaired) electrons. The Hall–Kier alpha value is -2.19. The van der Waals surface area contributed by atoms with E-state index in [1.165, 1.54) is 6.07 Å². The number of carbonyl (C=O) groups excluding carboxylic acids is 1. The van der Waals surface area contributed by atoms with Gasteiger partial charge in [0.15, 0.2) is 0 Å². The molecule has 1 saturated heterocycles. The van der Waals surface area contributed by atoms with E-state index in [0.29, 0.717) is 50.0 Å². The Bertz CT molecular complexity index is 670. The maximum Gasteiger partial charge on any atom is 0.293 e. The molecule has 2 rings (SSSR count). The van der Waals surface area contributed by atoms with Gasteiger partial charge in [-0.3, -0.25) is 19.8 Å². The van der Waals surface area contributed by atoms with Crippen LogP contribution in [0.3, 0.4) is 0 Å². The number of nitrogens with one attached hydrogen (secondary N) is 1. The standard InChI is InChI=1S/C20H32N4O4/c1-5-22(6-2)19(15(3)4)14-21-20(25)16-7-8-17(18(13-16)24(26)27)23-9-11-28-12-10-23/h7-8,13,15,19H,5-6,9-12,14H2,1-4H3,(H,21,25)/t19-/m1/s1. The fourth-order valence-electron chi connectivity index (χ4n) is 3.66. The van der Waals surface area contributed by atoms with Gasteiger partial charge in [0.05, 0.1) is 18.1 Å². The van der Waals surface area contributed by atoms with Gasteiger partial charge in [-0.25, -0.2) is 0 Å². The first-order valence-electron chi connectivity index (χ1n) is 10.0. The summed E-state index contributed by atoms with van der Waals surface area (Å²) in [7, 11) is 0. The van der Waals surface area contributed by atoms with Crippen molar-refractivity contribution in [2.75, 3.05) is 50.8 Å². The number of morpholine rings is 1. The summed E-state index contributed by atoms with van der Waals surface area (Å²) in [6.07, 6.45) is 0. The zero-order valence-electron chi connectivity index (χ0n) is 17.3. The Kier molecular flexibility index (Phi) is 8.19. The average Bonchev–Trinajstić information content (AvgIpc) is 2.70. The van der Waals surface area contributed by atoms with Gasteiger partial charge in [-0.15, -0.1) is 0 Å². The number of amides is 1. The Morgan fingerprint density at radius 1 is 1.29 bits per heavy atom. The summed E-state index contributed by atoms with van der Waals surface area (Å²) < 4.78 is 5.32. The van der Waals surface area contributed by atoms with Crippen LogP contribution in [0.2, 0.25) is 0 Å². The predicted molar refractivity (Wildman–Crippen MR) is 110 cm³/mol. The molecule has 0 aliphatic carbocycles. The minimum absolute atomic E-state index is 0.0429. The normalized spacial score (nSPS) is 15.7. The van der Waals surface area contributed by atoms with E-state index in [0.717, 1.165) is 13.1 Å². The summed E-state index contributed by atoms with van der Waals surface area (Å²) >= 11 is 0. The highest BCUT2D eigenvalue weighted by Crippen LogP contribution is 2.30. The van der Waals surface area contributed by atoms with Gasteiger partial charge in [-0.05, 0) is 31.1 Å². The van der Waals surface area contributed by atoms with Crippen LogP contribution in [0.4, 0.5) is 11.4 Å². The van der Waals surface area contributed by atoms with Gasteiger partial charge in [-0.1, -0.05) is 27.7 Å². The van der Waals surface area contributed by atoms with Gasteiger partial charge in [0.2, 0.25) is 0 Å². The van der Waals surface area contributed by atoms with E-state index < -0.39 is 4.92 Å². The molecule has 1 amide bonds. The van der Waals surface area contributed by atoms with Gasteiger partial charge in [0.1, 0.15) is 5.69 Å². The third-order valence-corrected chi connectivity index (χ3v) is 5.31. The minimum Gasteiger partial charge on any atom is -0.378 e. The van der Waals surface area contributed by atoms with Crippen molar-refractivity contribution in [2.45, 2.75) is 33.7 Å². The highest BCUT2D eigenvalue weighted by atomic mass is 16.6. The summed E-state index contributed by atoms with van der Waals surface area (Å²) in [4.78, 5) is 28.0. The van der Waals surface area contributed by atoms with Gasteiger partial charge in [-0.2, -0.15) is 0 Å². The Morgan fingerprint density at radius 2 is 1.93 bits per heavy atom. The number of nitro benzene ring substituents is 1. The first-order valence-corrected chi connectivity index (χ1v) is 10.0. The van der Waals surface area contributed by atoms with E-state index >= 15 is 0 Å². The molecule has 1 atom stereocenters. The molecule has 1 fully saturated rings. The van der Waals surface area contributed by atoms with Crippen LogP contribution < -0.4 is 10.2 Å². The third-order valence-electron chi connectivity index (χ3n) is 5.31. The van der Waals surface area contributed by atoms with Gasteiger partial charge in [0.25, 0.3) is 11.6 Å². The fraction of sp³-hybridized carbons (Fsp3) is 0.650. The molecule has 0 saturated carbocycles. The van der Waals surface area contributed by atoms with Crippen LogP contribution in [-0.4, -0.2) is 67.7 Å². The molecule has 0 unspecified atom stereocenters. The van der Waals surface area contributed by atoms with Crippen LogP contribution in [0.5, 0.6) is 0 Å². The number of likely N-dealkylation sites (N-methyl/N-ethyl adjacent to an activating group) is 1. The van der Waals surface area contributed by atoms with Crippen LogP contribution in [0.25, 0.3) is 0 Å².